The Kier molecular flexibility index (Phi) is 4.97. The van der Waals surface area contributed by atoms with Crippen LogP contribution in [0.15, 0.2) is 23.6 Å². The molecule has 1 saturated heterocycles. The minimum absolute atomic E-state index is 0.186. The van der Waals surface area contributed by atoms with Gasteiger partial charge in [0.05, 0.1) is 11.7 Å². The van der Waals surface area contributed by atoms with E-state index in [2.05, 4.69) is 38.1 Å². The largest absolute Gasteiger partial charge is 0.336 e. The van der Waals surface area contributed by atoms with Crippen LogP contribution in [-0.2, 0) is 7.05 Å². The summed E-state index contributed by atoms with van der Waals surface area (Å²) in [7, 11) is 1.82. The molecule has 1 atom stereocenters. The Balaban J connectivity index is 1.60. The first-order valence-electron chi connectivity index (χ1n) is 7.96. The first-order valence-corrected chi connectivity index (χ1v) is 8.84. The number of hydrogen-bond donors (Lipinski definition) is 2. The summed E-state index contributed by atoms with van der Waals surface area (Å²) in [6.07, 6.45) is 2.48. The van der Waals surface area contributed by atoms with E-state index in [1.54, 1.807) is 16.0 Å². The number of nitrogens with zero attached hydrogens (tertiary/aromatic N) is 3. The third-order valence-electron chi connectivity index (χ3n) is 4.15. The van der Waals surface area contributed by atoms with Gasteiger partial charge < -0.3 is 5.32 Å². The minimum atomic E-state index is -0.186. The van der Waals surface area contributed by atoms with Gasteiger partial charge in [-0.2, -0.15) is 5.10 Å². The van der Waals surface area contributed by atoms with Gasteiger partial charge in [-0.3, -0.25) is 14.9 Å². The summed E-state index contributed by atoms with van der Waals surface area (Å²) < 4.78 is 1.67. The molecule has 0 spiro atoms. The van der Waals surface area contributed by atoms with Crippen molar-refractivity contribution < 1.29 is 4.79 Å². The smallest absolute Gasteiger partial charge is 0.320 e. The lowest BCUT2D eigenvalue weighted by Crippen LogP contribution is -2.38. The summed E-state index contributed by atoms with van der Waals surface area (Å²) in [5.41, 5.74) is 0.885. The minimum Gasteiger partial charge on any atom is -0.336 e. The van der Waals surface area contributed by atoms with Crippen molar-refractivity contribution in [3.05, 3.63) is 34.2 Å². The van der Waals surface area contributed by atoms with E-state index in [0.29, 0.717) is 12.4 Å². The zero-order valence-corrected chi connectivity index (χ0v) is 14.4. The number of urea groups is 1. The summed E-state index contributed by atoms with van der Waals surface area (Å²) in [5, 5.41) is 12.2. The predicted octanol–water partition coefficient (Wildman–Crippen LogP) is 2.75. The molecule has 1 fully saturated rings. The van der Waals surface area contributed by atoms with Gasteiger partial charge in [-0.15, -0.1) is 11.3 Å². The molecule has 3 heterocycles. The van der Waals surface area contributed by atoms with Crippen LogP contribution in [0, 0.1) is 6.92 Å². The average molecular weight is 333 g/mol. The Morgan fingerprint density at radius 1 is 1.43 bits per heavy atom. The molecule has 1 aliphatic heterocycles. The molecular formula is C16H23N5OS. The Morgan fingerprint density at radius 2 is 2.22 bits per heavy atom. The zero-order chi connectivity index (χ0) is 16.2. The molecule has 2 amide bonds. The number of carbonyl (C=O) groups excluding carboxylic acids is 1. The van der Waals surface area contributed by atoms with E-state index in [9.17, 15) is 4.79 Å². The first kappa shape index (κ1) is 16.0. The number of thiophene rings is 1. The van der Waals surface area contributed by atoms with Gasteiger partial charge in [0.1, 0.15) is 5.82 Å². The molecule has 0 bridgehead atoms. The highest BCUT2D eigenvalue weighted by atomic mass is 32.1. The molecule has 0 unspecified atom stereocenters. The Morgan fingerprint density at radius 3 is 2.83 bits per heavy atom. The number of carbonyl (C=O) groups is 1. The van der Waals surface area contributed by atoms with Gasteiger partial charge in [0.25, 0.3) is 0 Å². The van der Waals surface area contributed by atoms with Crippen LogP contribution < -0.4 is 10.6 Å². The third kappa shape index (κ3) is 3.92. The summed E-state index contributed by atoms with van der Waals surface area (Å²) in [6, 6.07) is 6.15. The van der Waals surface area contributed by atoms with Crippen molar-refractivity contribution in [1.82, 2.24) is 20.0 Å². The fourth-order valence-electron chi connectivity index (χ4n) is 3.02. The van der Waals surface area contributed by atoms with Crippen LogP contribution in [0.4, 0.5) is 10.6 Å². The topological polar surface area (TPSA) is 62.2 Å². The van der Waals surface area contributed by atoms with Gasteiger partial charge >= 0.3 is 6.03 Å². The maximum Gasteiger partial charge on any atom is 0.320 e. The molecule has 6 nitrogen and oxygen atoms in total. The number of likely N-dealkylation sites (tertiary alicyclic amines) is 1. The van der Waals surface area contributed by atoms with Gasteiger partial charge in [0.15, 0.2) is 0 Å². The number of amides is 2. The molecule has 2 aromatic heterocycles. The lowest BCUT2D eigenvalue weighted by atomic mass is 10.2. The summed E-state index contributed by atoms with van der Waals surface area (Å²) in [6.45, 7) is 4.73. The monoisotopic (exact) mass is 333 g/mol. The van der Waals surface area contributed by atoms with Crippen LogP contribution in [0.5, 0.6) is 0 Å². The second kappa shape index (κ2) is 7.14. The van der Waals surface area contributed by atoms with Crippen LogP contribution in [0.1, 0.15) is 29.5 Å². The fraction of sp³-hybridized carbons (Fsp3) is 0.500. The number of aryl methyl sites for hydroxylation is 2. The second-order valence-corrected chi connectivity index (χ2v) is 6.88. The van der Waals surface area contributed by atoms with Crippen LogP contribution in [0.25, 0.3) is 0 Å². The lowest BCUT2D eigenvalue weighted by molar-refractivity contribution is 0.229. The maximum atomic E-state index is 12.2. The molecule has 23 heavy (non-hydrogen) atoms. The van der Waals surface area contributed by atoms with Gasteiger partial charge in [-0.05, 0) is 44.3 Å². The average Bonchev–Trinajstić information content (AvgIpc) is 3.24. The third-order valence-corrected chi connectivity index (χ3v) is 5.13. The molecule has 2 aromatic rings. The van der Waals surface area contributed by atoms with Crippen molar-refractivity contribution in [3.63, 3.8) is 0 Å². The number of aromatic nitrogens is 2. The lowest BCUT2D eigenvalue weighted by Gasteiger charge is -2.26. The molecule has 3 rings (SSSR count). The van der Waals surface area contributed by atoms with Crippen LogP contribution in [-0.4, -0.2) is 40.3 Å². The predicted molar refractivity (Wildman–Crippen MR) is 92.8 cm³/mol. The summed E-state index contributed by atoms with van der Waals surface area (Å²) >= 11 is 1.75. The number of nitrogens with one attached hydrogen (secondary N) is 2. The van der Waals surface area contributed by atoms with E-state index in [4.69, 9.17) is 0 Å². The number of hydrogen-bond acceptors (Lipinski definition) is 4. The Hall–Kier alpha value is -1.86. The first-order chi connectivity index (χ1) is 11.1. The maximum absolute atomic E-state index is 12.2. The molecule has 0 aliphatic carbocycles. The molecule has 1 aliphatic rings. The fourth-order valence-corrected chi connectivity index (χ4v) is 3.88. The van der Waals surface area contributed by atoms with E-state index in [-0.39, 0.29) is 12.1 Å². The summed E-state index contributed by atoms with van der Waals surface area (Å²) in [5.74, 6) is 0.703. The Bertz CT molecular complexity index is 645. The van der Waals surface area contributed by atoms with Gasteiger partial charge in [0, 0.05) is 24.5 Å². The van der Waals surface area contributed by atoms with E-state index < -0.39 is 0 Å². The molecule has 0 radical (unpaired) electrons. The molecule has 2 N–H and O–H groups in total. The van der Waals surface area contributed by atoms with Gasteiger partial charge in [-0.25, -0.2) is 4.79 Å². The van der Waals surface area contributed by atoms with Crippen LogP contribution in [0.2, 0.25) is 0 Å². The highest BCUT2D eigenvalue weighted by Crippen LogP contribution is 2.27. The quantitative estimate of drug-likeness (QED) is 0.884. The van der Waals surface area contributed by atoms with Crippen LogP contribution in [0.3, 0.4) is 0 Å². The molecule has 0 saturated carbocycles. The van der Waals surface area contributed by atoms with Crippen molar-refractivity contribution in [3.8, 4) is 0 Å². The van der Waals surface area contributed by atoms with Crippen molar-refractivity contribution in [1.29, 1.82) is 0 Å². The van der Waals surface area contributed by atoms with E-state index in [1.165, 1.54) is 17.7 Å². The number of rotatable bonds is 5. The molecule has 7 heteroatoms. The SMILES string of the molecule is Cc1cc(NC(=O)NC[C@@H](c2cccs2)N2CCCC2)n(C)n1. The van der Waals surface area contributed by atoms with Crippen molar-refractivity contribution in [2.75, 3.05) is 25.0 Å². The van der Waals surface area contributed by atoms with Crippen molar-refractivity contribution in [2.45, 2.75) is 25.8 Å². The molecule has 0 aromatic carbocycles. The van der Waals surface area contributed by atoms with E-state index in [0.717, 1.165) is 18.8 Å². The molecule has 124 valence electrons. The molecular weight excluding hydrogens is 310 g/mol. The second-order valence-electron chi connectivity index (χ2n) is 5.90. The normalized spacial score (nSPS) is 16.4. The van der Waals surface area contributed by atoms with E-state index >= 15 is 0 Å². The van der Waals surface area contributed by atoms with Crippen LogP contribution >= 0.6 is 11.3 Å². The van der Waals surface area contributed by atoms with E-state index in [1.807, 2.05) is 20.0 Å². The number of anilines is 1. The van der Waals surface area contributed by atoms with Gasteiger partial charge in [0.2, 0.25) is 0 Å². The van der Waals surface area contributed by atoms with Crippen molar-refractivity contribution >= 4 is 23.2 Å². The van der Waals surface area contributed by atoms with Gasteiger partial charge in [-0.1, -0.05) is 6.07 Å². The summed E-state index contributed by atoms with van der Waals surface area (Å²) in [4.78, 5) is 16.0. The Labute approximate surface area is 140 Å². The van der Waals surface area contributed by atoms with Crippen molar-refractivity contribution in [2.24, 2.45) is 7.05 Å². The highest BCUT2D eigenvalue weighted by molar-refractivity contribution is 7.10. The highest BCUT2D eigenvalue weighted by Gasteiger charge is 2.24. The standard InChI is InChI=1S/C16H23N5OS/c1-12-10-15(20(2)19-12)18-16(22)17-11-13(14-6-5-9-23-14)21-7-3-4-8-21/h5-6,9-10,13H,3-4,7-8,11H2,1-2H3,(H2,17,18,22)/t13-/m0/s1. The zero-order valence-electron chi connectivity index (χ0n) is 13.6.